The maximum atomic E-state index is 14.4. The molecule has 2 aliphatic carbocycles. The molecule has 338 valence electrons. The number of likely N-dealkylation sites (N-methyl/N-ethyl adjacent to an activating group) is 1. The summed E-state index contributed by atoms with van der Waals surface area (Å²) in [6.07, 6.45) is 20.5. The van der Waals surface area contributed by atoms with Crippen molar-refractivity contribution in [2.45, 2.75) is 174 Å². The summed E-state index contributed by atoms with van der Waals surface area (Å²) >= 11 is 0. The quantitative estimate of drug-likeness (QED) is 0.0545. The van der Waals surface area contributed by atoms with Gasteiger partial charge in [0.15, 0.2) is 0 Å². The summed E-state index contributed by atoms with van der Waals surface area (Å²) in [5.41, 5.74) is 4.12. The average Bonchev–Trinajstić information content (AvgIpc) is 3.24. The van der Waals surface area contributed by atoms with E-state index in [1.165, 1.54) is 38.5 Å². The molecular weight excluding hydrogens is 767 g/mol. The van der Waals surface area contributed by atoms with Crippen molar-refractivity contribution in [1.82, 2.24) is 9.88 Å². The SMILES string of the molecule is C=CCOC12Oc3ccc(OCc4cccc(C)n4)cc3C3C(CCCCO)C(CCCCO)C=C(C(=NOC(C)(C)C)CC1N(C)C(=O)CCCCCCCCCCC)C32. The van der Waals surface area contributed by atoms with Gasteiger partial charge in [-0.15, -0.1) is 6.58 Å². The number of nitrogens with zero attached hydrogens (tertiary/aromatic N) is 3. The first-order valence-corrected chi connectivity index (χ1v) is 23.5. The van der Waals surface area contributed by atoms with E-state index in [1.54, 1.807) is 6.08 Å². The normalized spacial score (nSPS) is 23.7. The fraction of sp³-hybridized carbons (Fsp3) is 0.667. The van der Waals surface area contributed by atoms with Crippen LogP contribution in [-0.4, -0.2) is 76.0 Å². The van der Waals surface area contributed by atoms with Gasteiger partial charge in [-0.1, -0.05) is 94.5 Å². The number of carbonyl (C=O) groups is 1. The summed E-state index contributed by atoms with van der Waals surface area (Å²) in [7, 11) is 1.90. The second-order valence-electron chi connectivity index (χ2n) is 18.6. The number of unbranched alkanes of at least 4 members (excludes halogenated alkanes) is 10. The molecule has 61 heavy (non-hydrogen) atoms. The van der Waals surface area contributed by atoms with Crippen LogP contribution >= 0.6 is 0 Å². The van der Waals surface area contributed by atoms with E-state index >= 15 is 0 Å². The molecule has 5 rings (SSSR count). The number of allylic oxidation sites excluding steroid dienone is 1. The Kier molecular flexibility index (Phi) is 18.7. The van der Waals surface area contributed by atoms with Gasteiger partial charge in [0.25, 0.3) is 0 Å². The van der Waals surface area contributed by atoms with Crippen LogP contribution in [0.2, 0.25) is 0 Å². The number of aliphatic hydroxyl groups excluding tert-OH is 2. The van der Waals surface area contributed by atoms with Gasteiger partial charge in [-0.25, -0.2) is 0 Å². The van der Waals surface area contributed by atoms with Crippen molar-refractivity contribution in [2.75, 3.05) is 26.9 Å². The lowest BCUT2D eigenvalue weighted by Gasteiger charge is -2.59. The third kappa shape index (κ3) is 12.9. The highest BCUT2D eigenvalue weighted by atomic mass is 16.7. The third-order valence-corrected chi connectivity index (χ3v) is 12.8. The molecule has 1 aromatic carbocycles. The monoisotopic (exact) mass is 844 g/mol. The number of amides is 1. The first kappa shape index (κ1) is 48.3. The molecule has 0 spiro atoms. The molecule has 1 amide bonds. The molecule has 2 aromatic rings. The van der Waals surface area contributed by atoms with Crippen LogP contribution in [0, 0.1) is 24.7 Å². The number of aryl methyl sites for hydroxylation is 1. The smallest absolute Gasteiger partial charge is 0.239 e. The predicted molar refractivity (Wildman–Crippen MR) is 244 cm³/mol. The number of ether oxygens (including phenoxy) is 3. The van der Waals surface area contributed by atoms with E-state index in [4.69, 9.17) is 24.2 Å². The first-order chi connectivity index (χ1) is 29.5. The van der Waals surface area contributed by atoms with E-state index in [2.05, 4.69) is 30.6 Å². The Morgan fingerprint density at radius 1 is 0.984 bits per heavy atom. The highest BCUT2D eigenvalue weighted by molar-refractivity contribution is 6.03. The second kappa shape index (κ2) is 23.6. The number of carbonyl (C=O) groups excluding carboxylic acids is 1. The van der Waals surface area contributed by atoms with Gasteiger partial charge < -0.3 is 34.2 Å². The highest BCUT2D eigenvalue weighted by Gasteiger charge is 2.65. The van der Waals surface area contributed by atoms with Crippen molar-refractivity contribution in [1.29, 1.82) is 0 Å². The Bertz CT molecular complexity index is 1750. The summed E-state index contributed by atoms with van der Waals surface area (Å²) < 4.78 is 20.9. The molecule has 3 aliphatic rings. The molecule has 0 bridgehead atoms. The van der Waals surface area contributed by atoms with Crippen molar-refractivity contribution in [2.24, 2.45) is 22.9 Å². The van der Waals surface area contributed by atoms with E-state index < -0.39 is 17.4 Å². The van der Waals surface area contributed by atoms with Crippen LogP contribution in [0.25, 0.3) is 0 Å². The number of fused-ring (bicyclic) bond motifs is 2. The lowest BCUT2D eigenvalue weighted by atomic mass is 9.55. The van der Waals surface area contributed by atoms with Crippen LogP contribution in [0.4, 0.5) is 0 Å². The number of oxime groups is 1. The predicted octanol–water partition coefficient (Wildman–Crippen LogP) is 10.8. The van der Waals surface area contributed by atoms with Gasteiger partial charge >= 0.3 is 0 Å². The molecule has 0 radical (unpaired) electrons. The Balaban J connectivity index is 1.59. The third-order valence-electron chi connectivity index (χ3n) is 12.8. The fourth-order valence-electron chi connectivity index (χ4n) is 9.78. The van der Waals surface area contributed by atoms with Crippen LogP contribution in [0.5, 0.6) is 11.5 Å². The first-order valence-electron chi connectivity index (χ1n) is 23.5. The number of hydrogen-bond donors (Lipinski definition) is 2. The Morgan fingerprint density at radius 3 is 2.36 bits per heavy atom. The molecule has 1 fully saturated rings. The molecule has 2 heterocycles. The molecule has 6 unspecified atom stereocenters. The summed E-state index contributed by atoms with van der Waals surface area (Å²) in [4.78, 5) is 27.2. The minimum Gasteiger partial charge on any atom is -0.487 e. The van der Waals surface area contributed by atoms with Gasteiger partial charge in [-0.05, 0) is 108 Å². The molecule has 2 N–H and O–H groups in total. The average molecular weight is 844 g/mol. The fourth-order valence-corrected chi connectivity index (χ4v) is 9.78. The van der Waals surface area contributed by atoms with Crippen LogP contribution in [0.3, 0.4) is 0 Å². The standard InChI is InChI=1S/C51H77N3O7/c1-8-10-11-12-13-14-15-16-17-27-47(57)54(7)46-35-44(53-61-50(4,5)6)42-33-38(24-18-20-30-55)41(26-19-21-31-56)48-43-34-40(58-36-39-25-22-23-37(3)52-39)28-29-45(43)60-51(46,49(42)48)59-32-9-2/h9,22-23,25,28-29,33-34,38,41,46,48-49,55-56H,2,8,10-21,24,26-27,30-32,35-36H2,1,3-7H3. The summed E-state index contributed by atoms with van der Waals surface area (Å²) in [6, 6.07) is 11.5. The van der Waals surface area contributed by atoms with Crippen molar-refractivity contribution in [3.05, 3.63) is 77.7 Å². The number of aliphatic hydroxyl groups is 2. The van der Waals surface area contributed by atoms with Crippen molar-refractivity contribution in [3.63, 3.8) is 0 Å². The summed E-state index contributed by atoms with van der Waals surface area (Å²) in [6.45, 7) is 15.1. The molecule has 1 aromatic heterocycles. The molecule has 0 saturated heterocycles. The number of rotatable bonds is 26. The van der Waals surface area contributed by atoms with Crippen LogP contribution in [0.1, 0.15) is 160 Å². The van der Waals surface area contributed by atoms with Gasteiger partial charge in [0.1, 0.15) is 29.7 Å². The van der Waals surface area contributed by atoms with E-state index in [1.807, 2.05) is 70.0 Å². The van der Waals surface area contributed by atoms with Crippen molar-refractivity contribution < 1.29 is 34.1 Å². The number of hydrogen-bond acceptors (Lipinski definition) is 9. The zero-order valence-corrected chi connectivity index (χ0v) is 38.3. The van der Waals surface area contributed by atoms with Crippen molar-refractivity contribution >= 4 is 11.6 Å². The summed E-state index contributed by atoms with van der Waals surface area (Å²) in [5.74, 6) is 0.0425. The zero-order valence-electron chi connectivity index (χ0n) is 38.3. The molecular formula is C51H77N3O7. The molecule has 10 heteroatoms. The number of pyridine rings is 1. The Morgan fingerprint density at radius 2 is 1.69 bits per heavy atom. The van der Waals surface area contributed by atoms with Crippen molar-refractivity contribution in [3.8, 4) is 11.5 Å². The molecule has 6 atom stereocenters. The lowest BCUT2D eigenvalue weighted by molar-refractivity contribution is -0.255. The largest absolute Gasteiger partial charge is 0.487 e. The van der Waals surface area contributed by atoms with Crippen LogP contribution in [0.15, 0.2) is 65.9 Å². The number of benzene rings is 1. The summed E-state index contributed by atoms with van der Waals surface area (Å²) in [5, 5.41) is 24.8. The topological polar surface area (TPSA) is 123 Å². The Labute approximate surface area is 367 Å². The number of aromatic nitrogens is 1. The van der Waals surface area contributed by atoms with Crippen LogP contribution in [-0.2, 0) is 21.0 Å². The second-order valence-corrected chi connectivity index (χ2v) is 18.6. The molecule has 1 saturated carbocycles. The van der Waals surface area contributed by atoms with Gasteiger partial charge in [0, 0.05) is 50.3 Å². The van der Waals surface area contributed by atoms with E-state index in [0.717, 1.165) is 85.4 Å². The van der Waals surface area contributed by atoms with Gasteiger partial charge in [-0.3, -0.25) is 9.78 Å². The van der Waals surface area contributed by atoms with Gasteiger partial charge in [0.2, 0.25) is 11.7 Å². The van der Waals surface area contributed by atoms with Crippen LogP contribution < -0.4 is 9.47 Å². The Hall–Kier alpha value is -3.73. The van der Waals surface area contributed by atoms with Gasteiger partial charge in [0.05, 0.1) is 23.9 Å². The zero-order chi connectivity index (χ0) is 43.8. The minimum absolute atomic E-state index is 0.0645. The maximum Gasteiger partial charge on any atom is 0.239 e. The van der Waals surface area contributed by atoms with Gasteiger partial charge in [-0.2, -0.15) is 0 Å². The van der Waals surface area contributed by atoms with E-state index in [-0.39, 0.29) is 49.4 Å². The van der Waals surface area contributed by atoms with E-state index in [0.29, 0.717) is 31.6 Å². The van der Waals surface area contributed by atoms with E-state index in [9.17, 15) is 15.0 Å². The minimum atomic E-state index is -1.26. The molecule has 1 aliphatic heterocycles. The lowest BCUT2D eigenvalue weighted by Crippen LogP contribution is -2.69. The highest BCUT2D eigenvalue weighted by Crippen LogP contribution is 2.62. The maximum absolute atomic E-state index is 14.4. The molecule has 10 nitrogen and oxygen atoms in total.